The number of aromatic carboxylic acids is 1. The summed E-state index contributed by atoms with van der Waals surface area (Å²) in [5.41, 5.74) is -0.0265. The molecular formula is C9H8FNO4. The Morgan fingerprint density at radius 2 is 2.20 bits per heavy atom. The molecule has 1 aromatic rings. The number of hydrogen-bond acceptors (Lipinski definition) is 3. The summed E-state index contributed by atoms with van der Waals surface area (Å²) in [6, 6.07) is 3.23. The second-order valence-electron chi connectivity index (χ2n) is 2.92. The van der Waals surface area contributed by atoms with Crippen LogP contribution in [0.3, 0.4) is 0 Å². The number of benzene rings is 1. The van der Waals surface area contributed by atoms with Gasteiger partial charge in [0.15, 0.2) is 0 Å². The predicted octanol–water partition coefficient (Wildman–Crippen LogP) is 1.34. The van der Waals surface area contributed by atoms with Crippen LogP contribution in [0.25, 0.3) is 0 Å². The fraction of sp³-hybridized carbons (Fsp3) is 0.222. The average Bonchev–Trinajstić information content (AvgIpc) is 2.16. The quantitative estimate of drug-likeness (QED) is 0.604. The Hall–Kier alpha value is -1.98. The Bertz CT molecular complexity index is 405. The Morgan fingerprint density at radius 3 is 2.73 bits per heavy atom. The van der Waals surface area contributed by atoms with E-state index in [9.17, 15) is 19.3 Å². The summed E-state index contributed by atoms with van der Waals surface area (Å²) in [6.07, 6.45) is -0.111. The Morgan fingerprint density at radius 1 is 1.53 bits per heavy atom. The second kappa shape index (κ2) is 4.50. The minimum absolute atomic E-state index is 0.0478. The molecular weight excluding hydrogens is 205 g/mol. The first-order valence-corrected chi connectivity index (χ1v) is 4.14. The fourth-order valence-electron chi connectivity index (χ4n) is 1.11. The normalized spacial score (nSPS) is 9.93. The summed E-state index contributed by atoms with van der Waals surface area (Å²) >= 11 is 0. The van der Waals surface area contributed by atoms with Crippen molar-refractivity contribution < 1.29 is 19.2 Å². The van der Waals surface area contributed by atoms with Gasteiger partial charge in [-0.2, -0.15) is 0 Å². The fourth-order valence-corrected chi connectivity index (χ4v) is 1.11. The standard InChI is InChI=1S/C9H8FNO4/c10-8-2-1-7(9(12)13)5-6(8)3-4-11(14)15/h1-2,5H,3-4H2,(H,12,13). The lowest BCUT2D eigenvalue weighted by Gasteiger charge is -2.01. The Balaban J connectivity index is 2.90. The van der Waals surface area contributed by atoms with E-state index >= 15 is 0 Å². The minimum atomic E-state index is -1.18. The highest BCUT2D eigenvalue weighted by atomic mass is 19.1. The van der Waals surface area contributed by atoms with Crippen LogP contribution < -0.4 is 0 Å². The molecule has 0 heterocycles. The van der Waals surface area contributed by atoms with Crippen molar-refractivity contribution in [2.45, 2.75) is 6.42 Å². The maximum atomic E-state index is 13.1. The number of carboxylic acid groups (broad SMARTS) is 1. The van der Waals surface area contributed by atoms with Crippen molar-refractivity contribution in [2.75, 3.05) is 6.54 Å². The van der Waals surface area contributed by atoms with Crippen molar-refractivity contribution in [1.82, 2.24) is 0 Å². The zero-order chi connectivity index (χ0) is 11.4. The summed E-state index contributed by atoms with van der Waals surface area (Å²) in [6.45, 7) is -0.417. The highest BCUT2D eigenvalue weighted by Crippen LogP contribution is 2.11. The second-order valence-corrected chi connectivity index (χ2v) is 2.92. The smallest absolute Gasteiger partial charge is 0.335 e. The highest BCUT2D eigenvalue weighted by Gasteiger charge is 2.10. The molecule has 1 rings (SSSR count). The van der Waals surface area contributed by atoms with Crippen molar-refractivity contribution in [3.63, 3.8) is 0 Å². The van der Waals surface area contributed by atoms with Gasteiger partial charge in [-0.25, -0.2) is 9.18 Å². The van der Waals surface area contributed by atoms with Crippen LogP contribution in [0.5, 0.6) is 0 Å². The van der Waals surface area contributed by atoms with E-state index in [0.717, 1.165) is 18.2 Å². The molecule has 0 amide bonds. The van der Waals surface area contributed by atoms with E-state index in [1.165, 1.54) is 0 Å². The van der Waals surface area contributed by atoms with Crippen LogP contribution in [0.1, 0.15) is 15.9 Å². The van der Waals surface area contributed by atoms with Crippen molar-refractivity contribution in [3.05, 3.63) is 45.3 Å². The molecule has 80 valence electrons. The first-order chi connectivity index (χ1) is 7.00. The molecule has 0 aliphatic carbocycles. The monoisotopic (exact) mass is 213 g/mol. The molecule has 0 bridgehead atoms. The van der Waals surface area contributed by atoms with Crippen molar-refractivity contribution in [1.29, 1.82) is 0 Å². The van der Waals surface area contributed by atoms with E-state index in [4.69, 9.17) is 5.11 Å². The van der Waals surface area contributed by atoms with Crippen LogP contribution in [0.15, 0.2) is 18.2 Å². The summed E-state index contributed by atoms with van der Waals surface area (Å²) in [5, 5.41) is 18.7. The van der Waals surface area contributed by atoms with Gasteiger partial charge in [0.2, 0.25) is 6.54 Å². The molecule has 0 fully saturated rings. The summed E-state index contributed by atoms with van der Waals surface area (Å²) in [7, 11) is 0. The summed E-state index contributed by atoms with van der Waals surface area (Å²) < 4.78 is 13.1. The van der Waals surface area contributed by atoms with Gasteiger partial charge >= 0.3 is 5.97 Å². The van der Waals surface area contributed by atoms with Crippen LogP contribution in [-0.4, -0.2) is 22.5 Å². The maximum Gasteiger partial charge on any atom is 0.335 e. The van der Waals surface area contributed by atoms with Crippen molar-refractivity contribution in [2.24, 2.45) is 0 Å². The number of rotatable bonds is 4. The topological polar surface area (TPSA) is 80.4 Å². The number of carboxylic acids is 1. The Kier molecular flexibility index (Phi) is 3.33. The molecule has 0 saturated heterocycles. The maximum absolute atomic E-state index is 13.1. The van der Waals surface area contributed by atoms with Gasteiger partial charge in [0.05, 0.1) is 5.56 Å². The summed E-state index contributed by atoms with van der Waals surface area (Å²) in [5.74, 6) is -1.81. The molecule has 0 aliphatic heterocycles. The van der Waals surface area contributed by atoms with Crippen LogP contribution >= 0.6 is 0 Å². The summed E-state index contributed by atoms with van der Waals surface area (Å²) in [4.78, 5) is 20.0. The third kappa shape index (κ3) is 3.01. The van der Waals surface area contributed by atoms with E-state index in [2.05, 4.69) is 0 Å². The lowest BCUT2D eigenvalue weighted by Crippen LogP contribution is -2.07. The highest BCUT2D eigenvalue weighted by molar-refractivity contribution is 5.87. The Labute approximate surface area is 84.3 Å². The number of nitrogens with zero attached hydrogens (tertiary/aromatic N) is 1. The van der Waals surface area contributed by atoms with Crippen molar-refractivity contribution >= 4 is 5.97 Å². The first-order valence-electron chi connectivity index (χ1n) is 4.14. The molecule has 0 radical (unpaired) electrons. The van der Waals surface area contributed by atoms with Crippen LogP contribution in [0, 0.1) is 15.9 Å². The minimum Gasteiger partial charge on any atom is -0.478 e. The van der Waals surface area contributed by atoms with Crippen LogP contribution in [0.4, 0.5) is 4.39 Å². The van der Waals surface area contributed by atoms with Crippen LogP contribution in [0.2, 0.25) is 0 Å². The molecule has 0 aromatic heterocycles. The molecule has 0 spiro atoms. The molecule has 0 atom stereocenters. The van der Waals surface area contributed by atoms with Gasteiger partial charge in [-0.15, -0.1) is 0 Å². The predicted molar refractivity (Wildman–Crippen MR) is 48.9 cm³/mol. The van der Waals surface area contributed by atoms with Gasteiger partial charge in [0.25, 0.3) is 0 Å². The van der Waals surface area contributed by atoms with Gasteiger partial charge in [-0.05, 0) is 23.8 Å². The number of halogens is 1. The third-order valence-electron chi connectivity index (χ3n) is 1.86. The van der Waals surface area contributed by atoms with Gasteiger partial charge in [-0.1, -0.05) is 0 Å². The lowest BCUT2D eigenvalue weighted by molar-refractivity contribution is -0.479. The van der Waals surface area contributed by atoms with Gasteiger partial charge in [-0.3, -0.25) is 10.1 Å². The van der Waals surface area contributed by atoms with Crippen LogP contribution in [-0.2, 0) is 6.42 Å². The van der Waals surface area contributed by atoms with E-state index in [-0.39, 0.29) is 17.5 Å². The molecule has 5 nitrogen and oxygen atoms in total. The number of hydrogen-bond donors (Lipinski definition) is 1. The van der Waals surface area contributed by atoms with Crippen molar-refractivity contribution in [3.8, 4) is 0 Å². The molecule has 6 heteroatoms. The van der Waals surface area contributed by atoms with E-state index in [1.807, 2.05) is 0 Å². The largest absolute Gasteiger partial charge is 0.478 e. The zero-order valence-electron chi connectivity index (χ0n) is 7.64. The molecule has 0 unspecified atom stereocenters. The van der Waals surface area contributed by atoms with E-state index in [1.54, 1.807) is 0 Å². The first kappa shape index (κ1) is 11.1. The average molecular weight is 213 g/mol. The molecule has 15 heavy (non-hydrogen) atoms. The molecule has 0 aliphatic rings. The number of carbonyl (C=O) groups is 1. The van der Waals surface area contributed by atoms with E-state index in [0.29, 0.717) is 0 Å². The molecule has 1 aromatic carbocycles. The zero-order valence-corrected chi connectivity index (χ0v) is 7.64. The number of nitro groups is 1. The molecule has 0 saturated carbocycles. The van der Waals surface area contributed by atoms with E-state index < -0.39 is 23.3 Å². The lowest BCUT2D eigenvalue weighted by atomic mass is 10.1. The SMILES string of the molecule is O=C(O)c1ccc(F)c(CC[N+](=O)[O-])c1. The van der Waals surface area contributed by atoms with Gasteiger partial charge in [0.1, 0.15) is 5.82 Å². The van der Waals surface area contributed by atoms with Gasteiger partial charge < -0.3 is 5.11 Å². The van der Waals surface area contributed by atoms with Gasteiger partial charge in [0, 0.05) is 11.3 Å². The third-order valence-corrected chi connectivity index (χ3v) is 1.86. The molecule has 1 N–H and O–H groups in total.